The standard InChI is InChI=1S/C17H28Cl2O3/c18-15(11-13-7-3-1-4-8-13)21-17(20)22-16(19)12-14-9-5-2-6-10-14/h13-16H,1-12H2. The molecule has 3 nitrogen and oxygen atoms in total. The van der Waals surface area contributed by atoms with Crippen molar-refractivity contribution in [3.63, 3.8) is 0 Å². The number of hydrogen-bond acceptors (Lipinski definition) is 3. The van der Waals surface area contributed by atoms with E-state index in [4.69, 9.17) is 32.7 Å². The van der Waals surface area contributed by atoms with Crippen LogP contribution in [0.25, 0.3) is 0 Å². The molecule has 0 aromatic rings. The second kappa shape index (κ2) is 9.87. The first-order chi connectivity index (χ1) is 10.6. The van der Waals surface area contributed by atoms with E-state index in [0.717, 1.165) is 0 Å². The lowest BCUT2D eigenvalue weighted by Gasteiger charge is -2.25. The second-order valence-electron chi connectivity index (χ2n) is 6.79. The van der Waals surface area contributed by atoms with Crippen LogP contribution in [-0.2, 0) is 9.47 Å². The van der Waals surface area contributed by atoms with E-state index < -0.39 is 17.3 Å². The Morgan fingerprint density at radius 3 is 1.50 bits per heavy atom. The van der Waals surface area contributed by atoms with Crippen LogP contribution in [0.1, 0.15) is 77.0 Å². The van der Waals surface area contributed by atoms with E-state index in [2.05, 4.69) is 0 Å². The van der Waals surface area contributed by atoms with Gasteiger partial charge in [-0.1, -0.05) is 87.4 Å². The van der Waals surface area contributed by atoms with Crippen molar-refractivity contribution >= 4 is 29.4 Å². The number of alkyl halides is 2. The quantitative estimate of drug-likeness (QED) is 0.421. The van der Waals surface area contributed by atoms with Crippen LogP contribution in [0.15, 0.2) is 0 Å². The topological polar surface area (TPSA) is 35.5 Å². The number of halogens is 2. The van der Waals surface area contributed by atoms with Crippen molar-refractivity contribution in [1.82, 2.24) is 0 Å². The maximum absolute atomic E-state index is 11.7. The third kappa shape index (κ3) is 6.95. The van der Waals surface area contributed by atoms with Gasteiger partial charge in [0.15, 0.2) is 11.1 Å². The summed E-state index contributed by atoms with van der Waals surface area (Å²) in [4.78, 5) is 11.7. The summed E-state index contributed by atoms with van der Waals surface area (Å²) in [6, 6.07) is 0. The molecule has 0 aromatic heterocycles. The molecule has 2 unspecified atom stereocenters. The highest BCUT2D eigenvalue weighted by Crippen LogP contribution is 2.30. The molecule has 2 saturated carbocycles. The molecule has 0 spiro atoms. The summed E-state index contributed by atoms with van der Waals surface area (Å²) in [5.41, 5.74) is -1.21. The van der Waals surface area contributed by atoms with Crippen LogP contribution in [0, 0.1) is 11.8 Å². The summed E-state index contributed by atoms with van der Waals surface area (Å²) in [7, 11) is 0. The van der Waals surface area contributed by atoms with Gasteiger partial charge in [-0.15, -0.1) is 0 Å². The normalized spacial score (nSPS) is 23.7. The maximum Gasteiger partial charge on any atom is 0.511 e. The monoisotopic (exact) mass is 350 g/mol. The van der Waals surface area contributed by atoms with E-state index in [-0.39, 0.29) is 0 Å². The van der Waals surface area contributed by atoms with Gasteiger partial charge in [0.05, 0.1) is 0 Å². The Labute approximate surface area is 144 Å². The summed E-state index contributed by atoms with van der Waals surface area (Å²) in [6.07, 6.45) is 13.1. The molecule has 128 valence electrons. The van der Waals surface area contributed by atoms with Crippen LogP contribution >= 0.6 is 23.2 Å². The summed E-state index contributed by atoms with van der Waals surface area (Å²) in [6.45, 7) is 0. The van der Waals surface area contributed by atoms with Crippen LogP contribution in [0.2, 0.25) is 0 Å². The van der Waals surface area contributed by atoms with Crippen molar-refractivity contribution in [2.45, 2.75) is 88.2 Å². The number of carbonyl (C=O) groups excluding carboxylic acids is 1. The molecule has 5 heteroatoms. The molecule has 2 fully saturated rings. The molecule has 2 atom stereocenters. The van der Waals surface area contributed by atoms with Gasteiger partial charge in [-0.05, 0) is 11.8 Å². The molecule has 2 rings (SSSR count). The molecule has 0 amide bonds. The van der Waals surface area contributed by atoms with Crippen LogP contribution in [0.4, 0.5) is 4.79 Å². The number of ether oxygens (including phenoxy) is 2. The molecule has 0 saturated heterocycles. The first-order valence-electron chi connectivity index (χ1n) is 8.79. The number of carbonyl (C=O) groups is 1. The van der Waals surface area contributed by atoms with Gasteiger partial charge in [0.1, 0.15) is 0 Å². The molecule has 0 heterocycles. The minimum absolute atomic E-state index is 0.568. The van der Waals surface area contributed by atoms with Gasteiger partial charge in [-0.2, -0.15) is 0 Å². The molecular weight excluding hydrogens is 323 g/mol. The zero-order chi connectivity index (χ0) is 15.8. The molecule has 0 bridgehead atoms. The van der Waals surface area contributed by atoms with E-state index in [9.17, 15) is 4.79 Å². The zero-order valence-corrected chi connectivity index (χ0v) is 14.8. The third-order valence-electron chi connectivity index (χ3n) is 4.93. The first-order valence-corrected chi connectivity index (χ1v) is 9.66. The SMILES string of the molecule is O=C(OC(Cl)CC1CCCCC1)OC(Cl)CC1CCCCC1. The molecule has 0 aliphatic heterocycles. The average molecular weight is 351 g/mol. The van der Waals surface area contributed by atoms with Crippen molar-refractivity contribution in [3.05, 3.63) is 0 Å². The Morgan fingerprint density at radius 2 is 1.14 bits per heavy atom. The summed E-state index contributed by atoms with van der Waals surface area (Å²) >= 11 is 12.2. The zero-order valence-electron chi connectivity index (χ0n) is 13.3. The van der Waals surface area contributed by atoms with E-state index >= 15 is 0 Å². The van der Waals surface area contributed by atoms with Crippen LogP contribution in [0.3, 0.4) is 0 Å². The van der Waals surface area contributed by atoms with Gasteiger partial charge < -0.3 is 9.47 Å². The largest absolute Gasteiger partial charge is 0.511 e. The Morgan fingerprint density at radius 1 is 0.773 bits per heavy atom. The molecule has 0 radical (unpaired) electrons. The van der Waals surface area contributed by atoms with Gasteiger partial charge in [0.25, 0.3) is 0 Å². The maximum atomic E-state index is 11.7. The lowest BCUT2D eigenvalue weighted by molar-refractivity contribution is 0.0243. The molecule has 2 aliphatic carbocycles. The lowest BCUT2D eigenvalue weighted by atomic mass is 9.87. The Kier molecular flexibility index (Phi) is 8.16. The highest BCUT2D eigenvalue weighted by Gasteiger charge is 2.24. The van der Waals surface area contributed by atoms with Gasteiger partial charge in [0.2, 0.25) is 0 Å². The highest BCUT2D eigenvalue weighted by molar-refractivity contribution is 6.20. The second-order valence-corrected chi connectivity index (χ2v) is 7.76. The van der Waals surface area contributed by atoms with Gasteiger partial charge in [-0.25, -0.2) is 4.79 Å². The fraction of sp³-hybridized carbons (Fsp3) is 0.941. The fourth-order valence-corrected chi connectivity index (χ4v) is 4.35. The number of rotatable bonds is 6. The predicted octanol–water partition coefficient (Wildman–Crippen LogP) is 6.21. The molecule has 22 heavy (non-hydrogen) atoms. The summed E-state index contributed by atoms with van der Waals surface area (Å²) in [5.74, 6) is 1.14. The van der Waals surface area contributed by atoms with Gasteiger partial charge in [-0.3, -0.25) is 0 Å². The minimum atomic E-state index is -0.730. The molecular formula is C17H28Cl2O3. The Bertz CT molecular complexity index is 296. The van der Waals surface area contributed by atoms with Gasteiger partial charge in [0, 0.05) is 12.8 Å². The fourth-order valence-electron chi connectivity index (χ4n) is 3.70. The average Bonchev–Trinajstić information content (AvgIpc) is 2.48. The smallest absolute Gasteiger partial charge is 0.415 e. The van der Waals surface area contributed by atoms with Crippen LogP contribution in [0.5, 0.6) is 0 Å². The predicted molar refractivity (Wildman–Crippen MR) is 89.2 cm³/mol. The Hall–Kier alpha value is -0.150. The van der Waals surface area contributed by atoms with E-state index in [1.165, 1.54) is 64.2 Å². The van der Waals surface area contributed by atoms with E-state index in [1.54, 1.807) is 0 Å². The van der Waals surface area contributed by atoms with Crippen molar-refractivity contribution in [2.24, 2.45) is 11.8 Å². The van der Waals surface area contributed by atoms with E-state index in [1.807, 2.05) is 0 Å². The lowest BCUT2D eigenvalue weighted by Crippen LogP contribution is -2.22. The third-order valence-corrected chi connectivity index (χ3v) is 5.47. The van der Waals surface area contributed by atoms with Gasteiger partial charge >= 0.3 is 6.16 Å². The van der Waals surface area contributed by atoms with Crippen molar-refractivity contribution in [3.8, 4) is 0 Å². The van der Waals surface area contributed by atoms with E-state index in [0.29, 0.717) is 24.7 Å². The first kappa shape index (κ1) is 18.2. The number of hydrogen-bond donors (Lipinski definition) is 0. The van der Waals surface area contributed by atoms with Crippen LogP contribution < -0.4 is 0 Å². The highest BCUT2D eigenvalue weighted by atomic mass is 35.5. The Balaban J connectivity index is 1.61. The summed E-state index contributed by atoms with van der Waals surface area (Å²) < 4.78 is 10.3. The molecule has 0 aromatic carbocycles. The van der Waals surface area contributed by atoms with Crippen molar-refractivity contribution in [1.29, 1.82) is 0 Å². The van der Waals surface area contributed by atoms with Crippen molar-refractivity contribution < 1.29 is 14.3 Å². The molecule has 0 N–H and O–H groups in total. The van der Waals surface area contributed by atoms with Crippen LogP contribution in [-0.4, -0.2) is 17.3 Å². The minimum Gasteiger partial charge on any atom is -0.415 e. The van der Waals surface area contributed by atoms with Crippen molar-refractivity contribution in [2.75, 3.05) is 0 Å². The summed E-state index contributed by atoms with van der Waals surface area (Å²) in [5, 5.41) is 0. The molecule has 2 aliphatic rings.